The molecule has 1 aliphatic carbocycles. The van der Waals surface area contributed by atoms with Gasteiger partial charge in [-0.2, -0.15) is 0 Å². The minimum atomic E-state index is -0.0724. The molecule has 0 saturated carbocycles. The Bertz CT molecular complexity index is 357. The Labute approximate surface area is 91.3 Å². The molecule has 0 aromatic heterocycles. The van der Waals surface area contributed by atoms with E-state index in [-0.39, 0.29) is 12.1 Å². The van der Waals surface area contributed by atoms with Crippen LogP contribution in [0.15, 0.2) is 28.8 Å². The summed E-state index contributed by atoms with van der Waals surface area (Å²) in [4.78, 5) is 18.1. The number of carbonyl (C=O) groups excluding carboxylic acids is 1. The number of nitrogens with zero attached hydrogens (tertiary/aromatic N) is 2. The fourth-order valence-corrected chi connectivity index (χ4v) is 2.27. The second-order valence-corrected chi connectivity index (χ2v) is 3.80. The number of carbonyl (C=O) groups is 1. The molecule has 0 N–H and O–H groups in total. The Morgan fingerprint density at radius 3 is 3.21 bits per heavy atom. The molecule has 0 fully saturated rings. The van der Waals surface area contributed by atoms with Gasteiger partial charge in [0.2, 0.25) is 0 Å². The maximum atomic E-state index is 11.9. The number of allylic oxidation sites excluding steroid dienone is 3. The molecule has 0 spiro atoms. The fourth-order valence-electron chi connectivity index (χ4n) is 1.62. The molecule has 0 aromatic carbocycles. The molecule has 74 valence electrons. The lowest BCUT2D eigenvalue weighted by molar-refractivity contribution is -0.127. The standard InChI is InChI=1S/C10H11BrN2O/c1-7-12-9-5-3-2-4-8(9)10(14)13(7)6-11/h3-5,7H,2,6H2,1H3. The first-order chi connectivity index (χ1) is 6.74. The van der Waals surface area contributed by atoms with Gasteiger partial charge in [0.15, 0.2) is 0 Å². The largest absolute Gasteiger partial charge is 0.307 e. The minimum Gasteiger partial charge on any atom is -0.307 e. The lowest BCUT2D eigenvalue weighted by atomic mass is 10.0. The van der Waals surface area contributed by atoms with Gasteiger partial charge >= 0.3 is 0 Å². The van der Waals surface area contributed by atoms with Gasteiger partial charge < -0.3 is 4.90 Å². The molecule has 2 rings (SSSR count). The minimum absolute atomic E-state index is 0.0724. The fraction of sp³-hybridized carbons (Fsp3) is 0.400. The summed E-state index contributed by atoms with van der Waals surface area (Å²) in [6.45, 7) is 1.92. The Morgan fingerprint density at radius 2 is 2.50 bits per heavy atom. The van der Waals surface area contributed by atoms with E-state index >= 15 is 0 Å². The lowest BCUT2D eigenvalue weighted by Crippen LogP contribution is -2.43. The summed E-state index contributed by atoms with van der Waals surface area (Å²) in [7, 11) is 0. The molecule has 14 heavy (non-hydrogen) atoms. The molecule has 3 nitrogen and oxygen atoms in total. The zero-order valence-corrected chi connectivity index (χ0v) is 9.49. The molecule has 0 bridgehead atoms. The van der Waals surface area contributed by atoms with E-state index in [9.17, 15) is 4.79 Å². The maximum absolute atomic E-state index is 11.9. The summed E-state index contributed by atoms with van der Waals surface area (Å²) >= 11 is 3.30. The number of fused-ring (bicyclic) bond motifs is 1. The highest BCUT2D eigenvalue weighted by molar-refractivity contribution is 9.09. The van der Waals surface area contributed by atoms with Crippen LogP contribution in [0.1, 0.15) is 13.3 Å². The smallest absolute Gasteiger partial charge is 0.258 e. The second-order valence-electron chi connectivity index (χ2n) is 3.30. The van der Waals surface area contributed by atoms with Crippen LogP contribution in [0, 0.1) is 0 Å². The number of hydrogen-bond donors (Lipinski definition) is 0. The topological polar surface area (TPSA) is 32.7 Å². The van der Waals surface area contributed by atoms with Crippen LogP contribution in [-0.2, 0) is 4.79 Å². The highest BCUT2D eigenvalue weighted by Gasteiger charge is 2.29. The van der Waals surface area contributed by atoms with Gasteiger partial charge in [-0.25, -0.2) is 0 Å². The van der Waals surface area contributed by atoms with Gasteiger partial charge in [-0.3, -0.25) is 9.79 Å². The van der Waals surface area contributed by atoms with Crippen molar-refractivity contribution in [2.45, 2.75) is 19.5 Å². The summed E-state index contributed by atoms with van der Waals surface area (Å²) in [6.07, 6.45) is 6.63. The van der Waals surface area contributed by atoms with Crippen molar-refractivity contribution in [2.24, 2.45) is 4.99 Å². The third-order valence-electron chi connectivity index (χ3n) is 2.41. The normalized spacial score (nSPS) is 25.7. The van der Waals surface area contributed by atoms with E-state index in [4.69, 9.17) is 0 Å². The zero-order chi connectivity index (χ0) is 10.1. The van der Waals surface area contributed by atoms with Crippen LogP contribution >= 0.6 is 15.9 Å². The molecule has 1 aliphatic heterocycles. The SMILES string of the molecule is CC1N=C2C=CCC=C2C(=O)N1CBr. The average Bonchev–Trinajstić information content (AvgIpc) is 2.18. The van der Waals surface area contributed by atoms with Crippen molar-refractivity contribution < 1.29 is 4.79 Å². The number of hydrogen-bond acceptors (Lipinski definition) is 2. The van der Waals surface area contributed by atoms with Crippen molar-refractivity contribution >= 4 is 27.5 Å². The quantitative estimate of drug-likeness (QED) is 0.520. The summed E-state index contributed by atoms with van der Waals surface area (Å²) in [5.41, 5.74) is 2.10. The first kappa shape index (κ1) is 9.65. The highest BCUT2D eigenvalue weighted by atomic mass is 79.9. The number of alkyl halides is 1. The molecular weight excluding hydrogens is 244 g/mol. The molecule has 1 unspecified atom stereocenters. The first-order valence-electron chi connectivity index (χ1n) is 4.56. The van der Waals surface area contributed by atoms with Crippen molar-refractivity contribution in [1.82, 2.24) is 4.90 Å². The molecule has 2 aliphatic rings. The lowest BCUT2D eigenvalue weighted by Gasteiger charge is -2.31. The van der Waals surface area contributed by atoms with Crippen LogP contribution < -0.4 is 0 Å². The van der Waals surface area contributed by atoms with Crippen LogP contribution in [0.2, 0.25) is 0 Å². The first-order valence-corrected chi connectivity index (χ1v) is 5.68. The molecule has 1 heterocycles. The second kappa shape index (κ2) is 3.69. The molecular formula is C10H11BrN2O. The van der Waals surface area contributed by atoms with E-state index in [1.54, 1.807) is 4.90 Å². The summed E-state index contributed by atoms with van der Waals surface area (Å²) < 4.78 is 0. The Kier molecular flexibility index (Phi) is 2.54. The van der Waals surface area contributed by atoms with Crippen LogP contribution in [0.5, 0.6) is 0 Å². The summed E-state index contributed by atoms with van der Waals surface area (Å²) in [6, 6.07) is 0. The van der Waals surface area contributed by atoms with Crippen LogP contribution in [-0.4, -0.2) is 28.1 Å². The van der Waals surface area contributed by atoms with Gasteiger partial charge in [0.25, 0.3) is 5.91 Å². The number of amides is 1. The summed E-state index contributed by atoms with van der Waals surface area (Å²) in [5, 5.41) is 0. The van der Waals surface area contributed by atoms with Crippen molar-refractivity contribution in [2.75, 3.05) is 5.45 Å². The molecule has 1 amide bonds. The van der Waals surface area contributed by atoms with Crippen LogP contribution in [0.3, 0.4) is 0 Å². The number of halogens is 1. The molecule has 1 atom stereocenters. The van der Waals surface area contributed by atoms with Gasteiger partial charge in [0.05, 0.1) is 16.7 Å². The molecule has 4 heteroatoms. The predicted molar refractivity (Wildman–Crippen MR) is 59.4 cm³/mol. The van der Waals surface area contributed by atoms with E-state index in [1.165, 1.54) is 0 Å². The molecule has 0 radical (unpaired) electrons. The van der Waals surface area contributed by atoms with Crippen molar-refractivity contribution in [3.8, 4) is 0 Å². The van der Waals surface area contributed by atoms with Gasteiger partial charge in [0.1, 0.15) is 6.17 Å². The third-order valence-corrected chi connectivity index (χ3v) is 2.95. The Balaban J connectivity index is 2.40. The predicted octanol–water partition coefficient (Wildman–Crippen LogP) is 1.85. The third kappa shape index (κ3) is 1.43. The van der Waals surface area contributed by atoms with Crippen LogP contribution in [0.4, 0.5) is 0 Å². The van der Waals surface area contributed by atoms with Gasteiger partial charge in [-0.15, -0.1) is 0 Å². The highest BCUT2D eigenvalue weighted by Crippen LogP contribution is 2.21. The molecule has 0 aromatic rings. The van der Waals surface area contributed by atoms with Crippen LogP contribution in [0.25, 0.3) is 0 Å². The van der Waals surface area contributed by atoms with Crippen molar-refractivity contribution in [3.05, 3.63) is 23.8 Å². The van der Waals surface area contributed by atoms with E-state index in [0.717, 1.165) is 17.7 Å². The maximum Gasteiger partial charge on any atom is 0.258 e. The van der Waals surface area contributed by atoms with Gasteiger partial charge in [-0.05, 0) is 19.4 Å². The Hall–Kier alpha value is -0.900. The number of aliphatic imine (C=N–C) groups is 1. The Morgan fingerprint density at radius 1 is 1.71 bits per heavy atom. The molecule has 0 saturated heterocycles. The van der Waals surface area contributed by atoms with Crippen molar-refractivity contribution in [1.29, 1.82) is 0 Å². The van der Waals surface area contributed by atoms with E-state index in [2.05, 4.69) is 20.9 Å². The van der Waals surface area contributed by atoms with E-state index in [1.807, 2.05) is 25.2 Å². The van der Waals surface area contributed by atoms with E-state index in [0.29, 0.717) is 5.45 Å². The van der Waals surface area contributed by atoms with E-state index < -0.39 is 0 Å². The van der Waals surface area contributed by atoms with Gasteiger partial charge in [0, 0.05) is 0 Å². The van der Waals surface area contributed by atoms with Gasteiger partial charge in [-0.1, -0.05) is 28.1 Å². The zero-order valence-electron chi connectivity index (χ0n) is 7.90. The summed E-state index contributed by atoms with van der Waals surface area (Å²) in [5.74, 6) is 0.0729. The monoisotopic (exact) mass is 254 g/mol. The number of rotatable bonds is 1. The average molecular weight is 255 g/mol. The van der Waals surface area contributed by atoms with Crippen molar-refractivity contribution in [3.63, 3.8) is 0 Å².